The highest BCUT2D eigenvalue weighted by Gasteiger charge is 2.41. The molecule has 0 unspecified atom stereocenters. The number of halogens is 1. The van der Waals surface area contributed by atoms with E-state index in [0.717, 1.165) is 19.3 Å². The van der Waals surface area contributed by atoms with Gasteiger partial charge in [-0.15, -0.1) is 0 Å². The Morgan fingerprint density at radius 3 is 2.54 bits per heavy atom. The van der Waals surface area contributed by atoms with Gasteiger partial charge in [0.25, 0.3) is 5.91 Å². The van der Waals surface area contributed by atoms with Crippen LogP contribution in [0.3, 0.4) is 0 Å². The van der Waals surface area contributed by atoms with Crippen LogP contribution in [0.5, 0.6) is 0 Å². The molecule has 130 valence electrons. The summed E-state index contributed by atoms with van der Waals surface area (Å²) in [6, 6.07) is 6.68. The average Bonchev–Trinajstić information content (AvgIpc) is 2.53. The number of hydrogen-bond acceptors (Lipinski definition) is 4. The number of benzene rings is 1. The molecule has 1 aliphatic rings. The molecule has 0 atom stereocenters. The molecule has 2 rings (SSSR count). The Hall–Kier alpha value is -2.08. The molecule has 2 amide bonds. The van der Waals surface area contributed by atoms with Crippen LogP contribution in [0.2, 0.25) is 5.02 Å². The molecule has 1 fully saturated rings. The molecular weight excluding hydrogens is 332 g/mol. The minimum absolute atomic E-state index is 0.280. The first-order chi connectivity index (χ1) is 11.4. The monoisotopic (exact) mass is 352 g/mol. The molecule has 0 aliphatic heterocycles. The molecule has 0 aromatic heterocycles. The molecule has 1 aromatic rings. The SMILES string of the molecule is CC(=O)NC1(C(=O)OCC(=O)Nc2cccc(Cl)c2)CCCCC1. The zero-order chi connectivity index (χ0) is 17.6. The van der Waals surface area contributed by atoms with E-state index in [0.29, 0.717) is 23.6 Å². The smallest absolute Gasteiger partial charge is 0.332 e. The van der Waals surface area contributed by atoms with Gasteiger partial charge in [0.2, 0.25) is 5.91 Å². The van der Waals surface area contributed by atoms with E-state index in [1.165, 1.54) is 6.92 Å². The normalized spacial score (nSPS) is 16.1. The third kappa shape index (κ3) is 4.96. The first kappa shape index (κ1) is 18.3. The zero-order valence-electron chi connectivity index (χ0n) is 13.6. The maximum atomic E-state index is 12.4. The van der Waals surface area contributed by atoms with E-state index in [1.807, 2.05) is 0 Å². The molecule has 6 nitrogen and oxygen atoms in total. The van der Waals surface area contributed by atoms with Crippen molar-refractivity contribution in [2.45, 2.75) is 44.6 Å². The number of carbonyl (C=O) groups is 3. The summed E-state index contributed by atoms with van der Waals surface area (Å²) in [5, 5.41) is 5.82. The summed E-state index contributed by atoms with van der Waals surface area (Å²) >= 11 is 5.85. The van der Waals surface area contributed by atoms with Crippen LogP contribution in [0, 0.1) is 0 Å². The second kappa shape index (κ2) is 8.15. The molecule has 0 radical (unpaired) electrons. The maximum absolute atomic E-state index is 12.4. The lowest BCUT2D eigenvalue weighted by Crippen LogP contribution is -2.56. The molecule has 1 saturated carbocycles. The van der Waals surface area contributed by atoms with E-state index in [2.05, 4.69) is 10.6 Å². The lowest BCUT2D eigenvalue weighted by molar-refractivity contribution is -0.157. The summed E-state index contributed by atoms with van der Waals surface area (Å²) in [5.41, 5.74) is -0.488. The van der Waals surface area contributed by atoms with E-state index < -0.39 is 24.0 Å². The van der Waals surface area contributed by atoms with E-state index in [1.54, 1.807) is 24.3 Å². The van der Waals surface area contributed by atoms with Gasteiger partial charge in [0.15, 0.2) is 6.61 Å². The van der Waals surface area contributed by atoms with Crippen molar-refractivity contribution in [3.8, 4) is 0 Å². The first-order valence-electron chi connectivity index (χ1n) is 7.93. The Kier molecular flexibility index (Phi) is 6.20. The number of esters is 1. The van der Waals surface area contributed by atoms with E-state index in [4.69, 9.17) is 16.3 Å². The molecule has 7 heteroatoms. The number of carbonyl (C=O) groups excluding carboxylic acids is 3. The van der Waals surface area contributed by atoms with E-state index >= 15 is 0 Å². The summed E-state index contributed by atoms with van der Waals surface area (Å²) in [4.78, 5) is 35.8. The molecule has 1 aromatic carbocycles. The number of nitrogens with one attached hydrogen (secondary N) is 2. The van der Waals surface area contributed by atoms with Crippen molar-refractivity contribution in [3.63, 3.8) is 0 Å². The highest BCUT2D eigenvalue weighted by Crippen LogP contribution is 2.29. The minimum atomic E-state index is -1.01. The standard InChI is InChI=1S/C17H21ClN2O4/c1-12(21)20-17(8-3-2-4-9-17)16(23)24-11-15(22)19-14-7-5-6-13(18)10-14/h5-7,10H,2-4,8-9,11H2,1H3,(H,19,22)(H,20,21). The highest BCUT2D eigenvalue weighted by molar-refractivity contribution is 6.30. The van der Waals surface area contributed by atoms with Crippen molar-refractivity contribution in [3.05, 3.63) is 29.3 Å². The van der Waals surface area contributed by atoms with Crippen LogP contribution < -0.4 is 10.6 Å². The molecule has 1 aliphatic carbocycles. The van der Waals surface area contributed by atoms with Crippen LogP contribution in [0.25, 0.3) is 0 Å². The fourth-order valence-corrected chi connectivity index (χ4v) is 3.10. The number of hydrogen-bond donors (Lipinski definition) is 2. The lowest BCUT2D eigenvalue weighted by atomic mass is 9.81. The molecule has 0 spiro atoms. The number of anilines is 1. The Morgan fingerprint density at radius 1 is 1.21 bits per heavy atom. The topological polar surface area (TPSA) is 84.5 Å². The molecule has 0 bridgehead atoms. The fourth-order valence-electron chi connectivity index (χ4n) is 2.90. The van der Waals surface area contributed by atoms with Gasteiger partial charge in [0, 0.05) is 17.6 Å². The third-order valence-electron chi connectivity index (χ3n) is 3.96. The first-order valence-corrected chi connectivity index (χ1v) is 8.30. The van der Waals surface area contributed by atoms with E-state index in [-0.39, 0.29) is 5.91 Å². The second-order valence-electron chi connectivity index (χ2n) is 5.96. The molecule has 0 heterocycles. The molecule has 24 heavy (non-hydrogen) atoms. The van der Waals surface area contributed by atoms with Crippen LogP contribution in [-0.2, 0) is 19.1 Å². The summed E-state index contributed by atoms with van der Waals surface area (Å²) in [6.45, 7) is 0.960. The Morgan fingerprint density at radius 2 is 1.92 bits per heavy atom. The minimum Gasteiger partial charge on any atom is -0.454 e. The predicted molar refractivity (Wildman–Crippen MR) is 90.7 cm³/mol. The number of amides is 2. The Bertz CT molecular complexity index is 627. The van der Waals surface area contributed by atoms with Crippen molar-refractivity contribution in [2.24, 2.45) is 0 Å². The van der Waals surface area contributed by atoms with Crippen LogP contribution >= 0.6 is 11.6 Å². The predicted octanol–water partition coefficient (Wildman–Crippen LogP) is 2.66. The van der Waals surface area contributed by atoms with Crippen molar-refractivity contribution >= 4 is 35.1 Å². The van der Waals surface area contributed by atoms with Gasteiger partial charge in [-0.1, -0.05) is 36.9 Å². The van der Waals surface area contributed by atoms with Gasteiger partial charge in [0.05, 0.1) is 0 Å². The Labute approximate surface area is 145 Å². The largest absolute Gasteiger partial charge is 0.454 e. The summed E-state index contributed by atoms with van der Waals surface area (Å²) < 4.78 is 5.15. The van der Waals surface area contributed by atoms with Crippen molar-refractivity contribution < 1.29 is 19.1 Å². The fraction of sp³-hybridized carbons (Fsp3) is 0.471. The van der Waals surface area contributed by atoms with Gasteiger partial charge in [0.1, 0.15) is 5.54 Å². The second-order valence-corrected chi connectivity index (χ2v) is 6.40. The van der Waals surface area contributed by atoms with Gasteiger partial charge in [-0.3, -0.25) is 9.59 Å². The average molecular weight is 353 g/mol. The van der Waals surface area contributed by atoms with Gasteiger partial charge in [-0.25, -0.2) is 4.79 Å². The molecule has 0 saturated heterocycles. The summed E-state index contributed by atoms with van der Waals surface area (Å²) in [5.74, 6) is -1.30. The van der Waals surface area contributed by atoms with E-state index in [9.17, 15) is 14.4 Å². The van der Waals surface area contributed by atoms with Crippen LogP contribution in [0.15, 0.2) is 24.3 Å². The van der Waals surface area contributed by atoms with Crippen molar-refractivity contribution in [2.75, 3.05) is 11.9 Å². The van der Waals surface area contributed by atoms with Crippen LogP contribution in [-0.4, -0.2) is 29.9 Å². The van der Waals surface area contributed by atoms with Crippen molar-refractivity contribution in [1.82, 2.24) is 5.32 Å². The van der Waals surface area contributed by atoms with Crippen LogP contribution in [0.1, 0.15) is 39.0 Å². The Balaban J connectivity index is 1.92. The third-order valence-corrected chi connectivity index (χ3v) is 4.19. The molecular formula is C17H21ClN2O4. The lowest BCUT2D eigenvalue weighted by Gasteiger charge is -2.35. The maximum Gasteiger partial charge on any atom is 0.332 e. The summed E-state index contributed by atoms with van der Waals surface area (Å²) in [7, 11) is 0. The highest BCUT2D eigenvalue weighted by atomic mass is 35.5. The van der Waals surface area contributed by atoms with Gasteiger partial charge >= 0.3 is 5.97 Å². The van der Waals surface area contributed by atoms with Gasteiger partial charge < -0.3 is 15.4 Å². The van der Waals surface area contributed by atoms with Crippen LogP contribution in [0.4, 0.5) is 5.69 Å². The number of rotatable bonds is 5. The molecule has 2 N–H and O–H groups in total. The number of ether oxygens (including phenoxy) is 1. The van der Waals surface area contributed by atoms with Gasteiger partial charge in [-0.05, 0) is 31.0 Å². The van der Waals surface area contributed by atoms with Crippen molar-refractivity contribution in [1.29, 1.82) is 0 Å². The summed E-state index contributed by atoms with van der Waals surface area (Å²) in [6.07, 6.45) is 3.75. The quantitative estimate of drug-likeness (QED) is 0.798. The zero-order valence-corrected chi connectivity index (χ0v) is 14.3. The van der Waals surface area contributed by atoms with Gasteiger partial charge in [-0.2, -0.15) is 0 Å².